The van der Waals surface area contributed by atoms with Gasteiger partial charge < -0.3 is 15.3 Å². The summed E-state index contributed by atoms with van der Waals surface area (Å²) in [5, 5.41) is 12.0. The number of β-amino-alcohol motifs (C(OH)–C–C–N with tert-alkyl or cyclic N) is 1. The van der Waals surface area contributed by atoms with Gasteiger partial charge in [-0.05, 0) is 19.8 Å². The number of amides is 2. The van der Waals surface area contributed by atoms with Crippen LogP contribution >= 0.6 is 0 Å². The number of nitrogens with zero attached hydrogens (tertiary/aromatic N) is 1. The Bertz CT molecular complexity index is 255. The van der Waals surface area contributed by atoms with Crippen LogP contribution in [-0.4, -0.2) is 47.1 Å². The van der Waals surface area contributed by atoms with Gasteiger partial charge in [-0.25, -0.2) is 0 Å². The van der Waals surface area contributed by atoms with Crippen molar-refractivity contribution in [1.29, 1.82) is 0 Å². The Balaban J connectivity index is 2.47. The number of hydrogen-bond donors (Lipinski definition) is 2. The predicted molar refractivity (Wildman–Crippen MR) is 55.1 cm³/mol. The summed E-state index contributed by atoms with van der Waals surface area (Å²) in [4.78, 5) is 24.2. The molecule has 0 saturated carbocycles. The molecule has 1 heterocycles. The monoisotopic (exact) mass is 214 g/mol. The van der Waals surface area contributed by atoms with Gasteiger partial charge in [-0.2, -0.15) is 0 Å². The Hall–Kier alpha value is -1.10. The van der Waals surface area contributed by atoms with Crippen LogP contribution in [0.25, 0.3) is 0 Å². The molecule has 2 N–H and O–H groups in total. The molecular formula is C10H18N2O3. The number of carbonyl (C=O) groups is 2. The summed E-state index contributed by atoms with van der Waals surface area (Å²) in [7, 11) is 0. The topological polar surface area (TPSA) is 69.6 Å². The smallest absolute Gasteiger partial charge is 0.244 e. The molecule has 0 radical (unpaired) electrons. The number of rotatable bonds is 2. The van der Waals surface area contributed by atoms with Crippen molar-refractivity contribution in [3.63, 3.8) is 0 Å². The minimum atomic E-state index is -0.507. The summed E-state index contributed by atoms with van der Waals surface area (Å²) >= 11 is 0. The quantitative estimate of drug-likeness (QED) is 0.650. The second-order valence-electron chi connectivity index (χ2n) is 4.00. The number of carbonyl (C=O) groups excluding carboxylic acids is 2. The van der Waals surface area contributed by atoms with Gasteiger partial charge in [0.2, 0.25) is 11.8 Å². The minimum Gasteiger partial charge on any atom is -0.391 e. The summed E-state index contributed by atoms with van der Waals surface area (Å²) < 4.78 is 0. The molecule has 0 bridgehead atoms. The van der Waals surface area contributed by atoms with E-state index in [2.05, 4.69) is 5.32 Å². The first kappa shape index (κ1) is 12.0. The van der Waals surface area contributed by atoms with Crippen molar-refractivity contribution < 1.29 is 14.7 Å². The highest BCUT2D eigenvalue weighted by molar-refractivity contribution is 5.86. The fourth-order valence-corrected chi connectivity index (χ4v) is 1.80. The zero-order valence-electron chi connectivity index (χ0n) is 9.19. The number of likely N-dealkylation sites (tertiary alicyclic amines) is 1. The van der Waals surface area contributed by atoms with E-state index in [1.54, 1.807) is 11.8 Å². The highest BCUT2D eigenvalue weighted by atomic mass is 16.3. The van der Waals surface area contributed by atoms with Crippen LogP contribution in [0.15, 0.2) is 0 Å². The molecule has 5 heteroatoms. The highest BCUT2D eigenvalue weighted by Crippen LogP contribution is 2.10. The molecule has 86 valence electrons. The SMILES string of the molecule is CC(=O)NC(C)C(=O)N1CCC[C@H](O)C1. The largest absolute Gasteiger partial charge is 0.391 e. The molecule has 5 nitrogen and oxygen atoms in total. The van der Waals surface area contributed by atoms with Crippen LogP contribution in [0.2, 0.25) is 0 Å². The Morgan fingerprint density at radius 3 is 2.73 bits per heavy atom. The van der Waals surface area contributed by atoms with E-state index in [9.17, 15) is 14.7 Å². The van der Waals surface area contributed by atoms with Gasteiger partial charge in [0.15, 0.2) is 0 Å². The van der Waals surface area contributed by atoms with Gasteiger partial charge in [-0.15, -0.1) is 0 Å². The highest BCUT2D eigenvalue weighted by Gasteiger charge is 2.25. The average molecular weight is 214 g/mol. The lowest BCUT2D eigenvalue weighted by Gasteiger charge is -2.32. The maximum Gasteiger partial charge on any atom is 0.244 e. The van der Waals surface area contributed by atoms with Gasteiger partial charge in [-0.1, -0.05) is 0 Å². The Morgan fingerprint density at radius 2 is 2.20 bits per heavy atom. The zero-order chi connectivity index (χ0) is 11.4. The molecule has 0 spiro atoms. The molecule has 2 atom stereocenters. The lowest BCUT2D eigenvalue weighted by Crippen LogP contribution is -2.50. The lowest BCUT2D eigenvalue weighted by molar-refractivity contribution is -0.138. The van der Waals surface area contributed by atoms with Crippen molar-refractivity contribution in [3.05, 3.63) is 0 Å². The molecule has 1 saturated heterocycles. The van der Waals surface area contributed by atoms with E-state index in [4.69, 9.17) is 0 Å². The molecular weight excluding hydrogens is 196 g/mol. The third-order valence-corrected chi connectivity index (χ3v) is 2.50. The first-order valence-electron chi connectivity index (χ1n) is 5.24. The number of aliphatic hydroxyl groups excluding tert-OH is 1. The molecule has 1 unspecified atom stereocenters. The summed E-state index contributed by atoms with van der Waals surface area (Å²) in [6, 6.07) is -0.507. The van der Waals surface area contributed by atoms with Crippen molar-refractivity contribution in [1.82, 2.24) is 10.2 Å². The number of nitrogens with one attached hydrogen (secondary N) is 1. The van der Waals surface area contributed by atoms with Crippen LogP contribution < -0.4 is 5.32 Å². The Morgan fingerprint density at radius 1 is 1.53 bits per heavy atom. The van der Waals surface area contributed by atoms with Crippen LogP contribution in [0.3, 0.4) is 0 Å². The van der Waals surface area contributed by atoms with Gasteiger partial charge in [-0.3, -0.25) is 9.59 Å². The molecule has 15 heavy (non-hydrogen) atoms. The Labute approximate surface area is 89.4 Å². The molecule has 1 aliphatic heterocycles. The van der Waals surface area contributed by atoms with Crippen LogP contribution in [0.1, 0.15) is 26.7 Å². The fraction of sp³-hybridized carbons (Fsp3) is 0.800. The fourth-order valence-electron chi connectivity index (χ4n) is 1.80. The molecule has 0 aromatic rings. The van der Waals surface area contributed by atoms with E-state index in [1.165, 1.54) is 6.92 Å². The van der Waals surface area contributed by atoms with Gasteiger partial charge in [0.05, 0.1) is 6.10 Å². The van der Waals surface area contributed by atoms with Crippen molar-refractivity contribution >= 4 is 11.8 Å². The molecule has 1 fully saturated rings. The van der Waals surface area contributed by atoms with E-state index in [-0.39, 0.29) is 11.8 Å². The third-order valence-electron chi connectivity index (χ3n) is 2.50. The second-order valence-corrected chi connectivity index (χ2v) is 4.00. The number of hydrogen-bond acceptors (Lipinski definition) is 3. The van der Waals surface area contributed by atoms with Crippen LogP contribution in [0, 0.1) is 0 Å². The van der Waals surface area contributed by atoms with Crippen LogP contribution in [-0.2, 0) is 9.59 Å². The number of aliphatic hydroxyl groups is 1. The van der Waals surface area contributed by atoms with E-state index in [0.717, 1.165) is 12.8 Å². The lowest BCUT2D eigenvalue weighted by atomic mass is 10.1. The van der Waals surface area contributed by atoms with E-state index >= 15 is 0 Å². The van der Waals surface area contributed by atoms with Crippen molar-refractivity contribution in [2.45, 2.75) is 38.8 Å². The molecule has 1 aliphatic rings. The van der Waals surface area contributed by atoms with E-state index in [1.807, 2.05) is 0 Å². The van der Waals surface area contributed by atoms with Gasteiger partial charge in [0, 0.05) is 20.0 Å². The third kappa shape index (κ3) is 3.51. The second kappa shape index (κ2) is 5.11. The van der Waals surface area contributed by atoms with E-state index < -0.39 is 12.1 Å². The standard InChI is InChI=1S/C10H18N2O3/c1-7(11-8(2)13)10(15)12-5-3-4-9(14)6-12/h7,9,14H,3-6H2,1-2H3,(H,11,13)/t7?,9-/m0/s1. The molecule has 0 aromatic heterocycles. The van der Waals surface area contributed by atoms with Gasteiger partial charge in [0.25, 0.3) is 0 Å². The molecule has 0 aromatic carbocycles. The predicted octanol–water partition coefficient (Wildman–Crippen LogP) is -0.506. The minimum absolute atomic E-state index is 0.121. The molecule has 0 aliphatic carbocycles. The van der Waals surface area contributed by atoms with Crippen molar-refractivity contribution in [3.8, 4) is 0 Å². The summed E-state index contributed by atoms with van der Waals surface area (Å²) in [5.41, 5.74) is 0. The maximum absolute atomic E-state index is 11.8. The molecule has 2 amide bonds. The van der Waals surface area contributed by atoms with Crippen LogP contribution in [0.5, 0.6) is 0 Å². The van der Waals surface area contributed by atoms with Gasteiger partial charge in [0.1, 0.15) is 6.04 Å². The summed E-state index contributed by atoms with van der Waals surface area (Å²) in [6.07, 6.45) is 1.14. The van der Waals surface area contributed by atoms with Crippen LogP contribution in [0.4, 0.5) is 0 Å². The van der Waals surface area contributed by atoms with E-state index in [0.29, 0.717) is 13.1 Å². The zero-order valence-corrected chi connectivity index (χ0v) is 9.19. The average Bonchev–Trinajstić information content (AvgIpc) is 2.15. The van der Waals surface area contributed by atoms with Crippen molar-refractivity contribution in [2.75, 3.05) is 13.1 Å². The first-order chi connectivity index (χ1) is 7.00. The Kier molecular flexibility index (Phi) is 4.08. The first-order valence-corrected chi connectivity index (χ1v) is 5.24. The normalized spacial score (nSPS) is 23.4. The molecule has 1 rings (SSSR count). The maximum atomic E-state index is 11.8. The number of piperidine rings is 1. The van der Waals surface area contributed by atoms with Gasteiger partial charge >= 0.3 is 0 Å². The summed E-state index contributed by atoms with van der Waals surface area (Å²) in [5.74, 6) is -0.336. The van der Waals surface area contributed by atoms with Crippen molar-refractivity contribution in [2.24, 2.45) is 0 Å². The summed E-state index contributed by atoms with van der Waals surface area (Å²) in [6.45, 7) is 4.09.